The number of likely N-dealkylation sites (tertiary alicyclic amines) is 1. The minimum absolute atomic E-state index is 0.110. The van der Waals surface area contributed by atoms with Gasteiger partial charge >= 0.3 is 5.90 Å². The molecule has 0 aromatic rings. The largest absolute Gasteiger partial charge is 0.582 e. The van der Waals surface area contributed by atoms with Gasteiger partial charge in [0.25, 0.3) is 0 Å². The summed E-state index contributed by atoms with van der Waals surface area (Å²) < 4.78 is 0. The van der Waals surface area contributed by atoms with Crippen molar-refractivity contribution in [1.82, 2.24) is 10.2 Å². The summed E-state index contributed by atoms with van der Waals surface area (Å²) in [7, 11) is 1.76. The summed E-state index contributed by atoms with van der Waals surface area (Å²) in [5.74, 6) is 0.349. The molecule has 6 nitrogen and oxygen atoms in total. The van der Waals surface area contributed by atoms with Crippen LogP contribution >= 0.6 is 0 Å². The van der Waals surface area contributed by atoms with Gasteiger partial charge in [-0.2, -0.15) is 0 Å². The topological polar surface area (TPSA) is 91.4 Å². The van der Waals surface area contributed by atoms with E-state index in [-0.39, 0.29) is 23.8 Å². The molecule has 102 valence electrons. The maximum atomic E-state index is 12.2. The minimum atomic E-state index is -0.256. The normalized spacial score (nSPS) is 26.1. The fraction of sp³-hybridized carbons (Fsp3) is 0.750. The molecule has 2 unspecified atom stereocenters. The van der Waals surface area contributed by atoms with Crippen LogP contribution in [-0.4, -0.2) is 47.4 Å². The first-order valence-electron chi connectivity index (χ1n) is 6.35. The Kier molecular flexibility index (Phi) is 5.27. The van der Waals surface area contributed by atoms with Crippen molar-refractivity contribution in [3.63, 3.8) is 0 Å². The third-order valence-electron chi connectivity index (χ3n) is 3.23. The van der Waals surface area contributed by atoms with E-state index in [9.17, 15) is 4.79 Å². The summed E-state index contributed by atoms with van der Waals surface area (Å²) in [6.07, 6.45) is 2.11. The predicted molar refractivity (Wildman–Crippen MR) is 72.0 cm³/mol. The number of rotatable bonds is 2. The highest BCUT2D eigenvalue weighted by Gasteiger charge is 2.31. The smallest absolute Gasteiger partial charge is 0.333 e. The van der Waals surface area contributed by atoms with Crippen LogP contribution in [0.5, 0.6) is 0 Å². The Balaban J connectivity index is 2.86. The summed E-state index contributed by atoms with van der Waals surface area (Å²) in [6.45, 7) is 4.43. The van der Waals surface area contributed by atoms with E-state index in [1.165, 1.54) is 4.90 Å². The average molecular weight is 255 g/mol. The van der Waals surface area contributed by atoms with Crippen molar-refractivity contribution < 1.29 is 9.90 Å². The number of carbonyl (C=O) groups is 1. The van der Waals surface area contributed by atoms with E-state index >= 15 is 0 Å². The van der Waals surface area contributed by atoms with Gasteiger partial charge in [-0.1, -0.05) is 13.8 Å². The Bertz CT molecular complexity index is 354. The zero-order valence-electron chi connectivity index (χ0n) is 11.3. The molecule has 0 radical (unpaired) electrons. The zero-order chi connectivity index (χ0) is 13.7. The maximum absolute atomic E-state index is 12.2. The Morgan fingerprint density at radius 1 is 1.67 bits per heavy atom. The lowest BCUT2D eigenvalue weighted by atomic mass is 10.0. The van der Waals surface area contributed by atoms with Crippen molar-refractivity contribution in [2.75, 3.05) is 13.6 Å². The Morgan fingerprint density at radius 2 is 2.33 bits per heavy atom. The zero-order valence-corrected chi connectivity index (χ0v) is 11.3. The van der Waals surface area contributed by atoms with Gasteiger partial charge in [0.05, 0.1) is 12.5 Å². The van der Waals surface area contributed by atoms with Crippen LogP contribution in [-0.2, 0) is 4.79 Å². The second-order valence-electron chi connectivity index (χ2n) is 4.70. The first-order valence-corrected chi connectivity index (χ1v) is 6.35. The summed E-state index contributed by atoms with van der Waals surface area (Å²) in [5.41, 5.74) is 0. The van der Waals surface area contributed by atoms with Crippen LogP contribution < -0.4 is 5.32 Å². The highest BCUT2D eigenvalue weighted by molar-refractivity contribution is 6.02. The lowest BCUT2D eigenvalue weighted by molar-refractivity contribution is -0.129. The molecule has 1 aliphatic rings. The van der Waals surface area contributed by atoms with Gasteiger partial charge in [0, 0.05) is 6.54 Å². The number of hydrogen-bond donors (Lipinski definition) is 2. The van der Waals surface area contributed by atoms with Crippen molar-refractivity contribution in [3.05, 3.63) is 0 Å². The van der Waals surface area contributed by atoms with Gasteiger partial charge in [0.1, 0.15) is 0 Å². The molecule has 4 N–H and O–H groups in total. The molecule has 1 aliphatic heterocycles. The van der Waals surface area contributed by atoms with Crippen LogP contribution in [0.15, 0.2) is 4.99 Å². The fourth-order valence-corrected chi connectivity index (χ4v) is 1.99. The summed E-state index contributed by atoms with van der Waals surface area (Å²) in [6, 6.07) is -0.256. The summed E-state index contributed by atoms with van der Waals surface area (Å²) >= 11 is 0. The molecule has 1 fully saturated rings. The number of nitrogens with zero attached hydrogens (tertiary/aromatic N) is 2. The molecule has 6 heteroatoms. The lowest BCUT2D eigenvalue weighted by Gasteiger charge is -2.21. The maximum Gasteiger partial charge on any atom is 0.333 e. The van der Waals surface area contributed by atoms with Crippen LogP contribution in [0.25, 0.3) is 0 Å². The van der Waals surface area contributed by atoms with E-state index < -0.39 is 0 Å². The fourth-order valence-electron chi connectivity index (χ4n) is 1.99. The summed E-state index contributed by atoms with van der Waals surface area (Å²) in [4.78, 5) is 17.5. The van der Waals surface area contributed by atoms with Crippen molar-refractivity contribution in [1.29, 1.82) is 5.41 Å². The van der Waals surface area contributed by atoms with Crippen LogP contribution in [0.4, 0.5) is 0 Å². The molecule has 0 aromatic carbocycles. The molecule has 1 rings (SSSR count). The highest BCUT2D eigenvalue weighted by atomic mass is 16.3. The van der Waals surface area contributed by atoms with Gasteiger partial charge in [0.15, 0.2) is 0 Å². The number of amides is 1. The van der Waals surface area contributed by atoms with Gasteiger partial charge in [-0.25, -0.2) is 0 Å². The van der Waals surface area contributed by atoms with Crippen molar-refractivity contribution in [2.45, 2.75) is 39.2 Å². The van der Waals surface area contributed by atoms with Gasteiger partial charge in [-0.3, -0.25) is 15.1 Å². The van der Waals surface area contributed by atoms with E-state index in [2.05, 4.69) is 17.2 Å². The number of hydrogen-bond acceptors (Lipinski definition) is 3. The number of likely N-dealkylation sites (N-methyl/N-ethyl adjacent to an activating group) is 1. The Labute approximate surface area is 108 Å². The van der Waals surface area contributed by atoms with E-state index in [4.69, 9.17) is 10.5 Å². The third-order valence-corrected chi connectivity index (χ3v) is 3.23. The number of aliphatic imine (C=N–C) groups is 1. The predicted octanol–water partition coefficient (Wildman–Crippen LogP) is 0.301. The molecule has 0 spiro atoms. The molecule has 2 atom stereocenters. The van der Waals surface area contributed by atoms with Gasteiger partial charge in [-0.05, 0) is 25.8 Å². The molecule has 1 saturated heterocycles. The second-order valence-corrected chi connectivity index (χ2v) is 4.70. The number of nitrogens with one attached hydrogen (secondary N) is 2. The molecule has 1 amide bonds. The quantitative estimate of drug-likeness (QED) is 0.422. The van der Waals surface area contributed by atoms with Crippen LogP contribution in [0.3, 0.4) is 0 Å². The first kappa shape index (κ1) is 14.6. The monoisotopic (exact) mass is 255 g/mol. The third kappa shape index (κ3) is 3.53. The van der Waals surface area contributed by atoms with Gasteiger partial charge in [-0.15, -0.1) is 4.99 Å². The van der Waals surface area contributed by atoms with Crippen molar-refractivity contribution in [3.8, 4) is 0 Å². The van der Waals surface area contributed by atoms with E-state index in [1.54, 1.807) is 7.05 Å². The standard InChI is InChI=1S/C12H22N4O2/c1-4-10(17)15-12(13)16-6-5-8(2)7-9(14-3)11(16)18/h8-9,14H,4-7H2,1-3H3,(H2,13,15,17)/p+1. The minimum Gasteiger partial charge on any atom is -0.582 e. The second kappa shape index (κ2) is 6.49. The first-order chi connectivity index (χ1) is 8.49. The molecule has 1 heterocycles. The van der Waals surface area contributed by atoms with E-state index in [0.717, 1.165) is 12.8 Å². The molecule has 0 saturated carbocycles. The molecule has 0 aromatic heterocycles. The molecular weight excluding hydrogens is 232 g/mol. The van der Waals surface area contributed by atoms with Crippen LogP contribution in [0.2, 0.25) is 0 Å². The van der Waals surface area contributed by atoms with Crippen LogP contribution in [0, 0.1) is 11.3 Å². The molecular formula is C12H23N4O2+. The lowest BCUT2D eigenvalue weighted by Crippen LogP contribution is -2.46. The Morgan fingerprint density at radius 3 is 2.89 bits per heavy atom. The average Bonchev–Trinajstić information content (AvgIpc) is 2.48. The molecule has 0 aliphatic carbocycles. The SMILES string of the molecule is CC/C([OH2+])=N/C(=N)N1CCC(C)CC(NC)C1=O. The van der Waals surface area contributed by atoms with E-state index in [1.807, 2.05) is 6.92 Å². The van der Waals surface area contributed by atoms with Crippen molar-refractivity contribution >= 4 is 17.8 Å². The van der Waals surface area contributed by atoms with E-state index in [0.29, 0.717) is 18.9 Å². The number of guanidine groups is 1. The van der Waals surface area contributed by atoms with Crippen molar-refractivity contribution in [2.24, 2.45) is 10.9 Å². The van der Waals surface area contributed by atoms with Gasteiger partial charge in [0.2, 0.25) is 11.9 Å². The summed E-state index contributed by atoms with van der Waals surface area (Å²) in [5, 5.41) is 18.3. The molecule has 18 heavy (non-hydrogen) atoms. The highest BCUT2D eigenvalue weighted by Crippen LogP contribution is 2.18. The molecule has 0 bridgehead atoms. The Hall–Kier alpha value is -1.43. The number of carbonyl (C=O) groups excluding carboxylic acids is 1. The van der Waals surface area contributed by atoms with Gasteiger partial charge < -0.3 is 10.4 Å². The van der Waals surface area contributed by atoms with Crippen LogP contribution in [0.1, 0.15) is 33.1 Å².